The number of aryl methyl sites for hydroxylation is 3. The second kappa shape index (κ2) is 6.00. The molecule has 0 atom stereocenters. The van der Waals surface area contributed by atoms with Crippen LogP contribution in [0.1, 0.15) is 17.4 Å². The first-order valence-corrected chi connectivity index (χ1v) is 7.92. The normalized spacial score (nSPS) is 11.1. The van der Waals surface area contributed by atoms with E-state index in [0.717, 1.165) is 17.0 Å². The second-order valence-electron chi connectivity index (χ2n) is 5.20. The zero-order valence-corrected chi connectivity index (χ0v) is 14.0. The van der Waals surface area contributed by atoms with Crippen molar-refractivity contribution in [2.24, 2.45) is 7.05 Å². The van der Waals surface area contributed by atoms with Gasteiger partial charge in [0.1, 0.15) is 0 Å². The number of aromatic nitrogens is 5. The van der Waals surface area contributed by atoms with Gasteiger partial charge in [0.15, 0.2) is 5.69 Å². The Morgan fingerprint density at radius 2 is 2.12 bits per heavy atom. The maximum atomic E-state index is 11.7. The molecule has 3 aromatic heterocycles. The van der Waals surface area contributed by atoms with Crippen LogP contribution >= 0.6 is 11.3 Å². The van der Waals surface area contributed by atoms with E-state index < -0.39 is 4.92 Å². The fourth-order valence-corrected chi connectivity index (χ4v) is 3.07. The lowest BCUT2D eigenvalue weighted by molar-refractivity contribution is -0.388. The van der Waals surface area contributed by atoms with Crippen molar-refractivity contribution in [3.8, 4) is 11.5 Å². The van der Waals surface area contributed by atoms with Crippen molar-refractivity contribution in [2.75, 3.05) is 0 Å². The van der Waals surface area contributed by atoms with E-state index in [1.807, 2.05) is 6.92 Å². The summed E-state index contributed by atoms with van der Waals surface area (Å²) in [6.07, 6.45) is 0.356. The van der Waals surface area contributed by atoms with Gasteiger partial charge in [-0.2, -0.15) is 4.98 Å². The molecule has 0 aliphatic heterocycles. The van der Waals surface area contributed by atoms with Gasteiger partial charge in [-0.3, -0.25) is 4.79 Å². The first-order valence-electron chi connectivity index (χ1n) is 7.04. The predicted molar refractivity (Wildman–Crippen MR) is 84.9 cm³/mol. The molecular formula is C13H14N6O4S. The largest absolute Gasteiger partial charge is 0.393 e. The molecule has 0 aromatic carbocycles. The fraction of sp³-hybridized carbons (Fsp3) is 0.385. The fourth-order valence-electron chi connectivity index (χ4n) is 2.30. The van der Waals surface area contributed by atoms with Crippen LogP contribution in [-0.2, 0) is 20.0 Å². The maximum Gasteiger partial charge on any atom is 0.393 e. The van der Waals surface area contributed by atoms with E-state index in [1.165, 1.54) is 0 Å². The number of hydrogen-bond donors (Lipinski definition) is 0. The van der Waals surface area contributed by atoms with Crippen LogP contribution in [0.2, 0.25) is 0 Å². The highest BCUT2D eigenvalue weighted by Gasteiger charge is 2.28. The first kappa shape index (κ1) is 16.1. The summed E-state index contributed by atoms with van der Waals surface area (Å²) in [4.78, 5) is 30.3. The van der Waals surface area contributed by atoms with Gasteiger partial charge in [-0.15, -0.1) is 0 Å². The molecule has 0 amide bonds. The van der Waals surface area contributed by atoms with Gasteiger partial charge in [0.25, 0.3) is 0 Å². The van der Waals surface area contributed by atoms with Gasteiger partial charge in [0.2, 0.25) is 17.5 Å². The van der Waals surface area contributed by atoms with Gasteiger partial charge in [-0.05, 0) is 16.8 Å². The lowest BCUT2D eigenvalue weighted by Crippen LogP contribution is -2.16. The van der Waals surface area contributed by atoms with Crippen molar-refractivity contribution in [2.45, 2.75) is 26.8 Å². The first-order chi connectivity index (χ1) is 11.4. The van der Waals surface area contributed by atoms with Crippen LogP contribution in [0, 0.1) is 24.0 Å². The summed E-state index contributed by atoms with van der Waals surface area (Å²) in [5.74, 6) is 0.570. The Kier molecular flexibility index (Phi) is 4.01. The van der Waals surface area contributed by atoms with Gasteiger partial charge in [-0.25, -0.2) is 0 Å². The molecule has 126 valence electrons. The number of rotatable bonds is 5. The summed E-state index contributed by atoms with van der Waals surface area (Å²) >= 11 is 1.13. The predicted octanol–water partition coefficient (Wildman–Crippen LogP) is 1.46. The minimum Gasteiger partial charge on any atom is -0.358 e. The summed E-state index contributed by atoms with van der Waals surface area (Å²) < 4.78 is 8.32. The Labute approximate surface area is 139 Å². The number of imidazole rings is 1. The molecule has 0 fully saturated rings. The van der Waals surface area contributed by atoms with Crippen LogP contribution in [-0.4, -0.2) is 29.2 Å². The van der Waals surface area contributed by atoms with Crippen molar-refractivity contribution in [3.05, 3.63) is 42.6 Å². The van der Waals surface area contributed by atoms with Crippen LogP contribution in [0.3, 0.4) is 0 Å². The third-order valence-electron chi connectivity index (χ3n) is 3.68. The topological polar surface area (TPSA) is 122 Å². The highest BCUT2D eigenvalue weighted by molar-refractivity contribution is 7.07. The van der Waals surface area contributed by atoms with Gasteiger partial charge < -0.3 is 23.8 Å². The maximum absolute atomic E-state index is 11.7. The molecule has 11 heteroatoms. The highest BCUT2D eigenvalue weighted by Crippen LogP contribution is 2.27. The lowest BCUT2D eigenvalue weighted by Gasteiger charge is -2.00. The van der Waals surface area contributed by atoms with Crippen molar-refractivity contribution >= 4 is 17.2 Å². The summed E-state index contributed by atoms with van der Waals surface area (Å²) in [6.45, 7) is 3.91. The molecule has 0 bridgehead atoms. The Morgan fingerprint density at radius 1 is 1.38 bits per heavy atom. The number of thiazole rings is 1. The number of nitrogens with zero attached hydrogens (tertiary/aromatic N) is 6. The van der Waals surface area contributed by atoms with E-state index in [0.29, 0.717) is 24.7 Å². The molecule has 0 N–H and O–H groups in total. The molecule has 0 saturated heterocycles. The van der Waals surface area contributed by atoms with E-state index in [2.05, 4.69) is 15.1 Å². The zero-order chi connectivity index (χ0) is 17.4. The highest BCUT2D eigenvalue weighted by atomic mass is 32.1. The molecule has 0 radical (unpaired) electrons. The van der Waals surface area contributed by atoms with E-state index in [4.69, 9.17) is 4.52 Å². The van der Waals surface area contributed by atoms with Crippen LogP contribution < -0.4 is 4.87 Å². The monoisotopic (exact) mass is 350 g/mol. The third-order valence-corrected chi connectivity index (χ3v) is 4.56. The van der Waals surface area contributed by atoms with Crippen molar-refractivity contribution < 1.29 is 9.45 Å². The third kappa shape index (κ3) is 2.73. The minimum absolute atomic E-state index is 0.0508. The second-order valence-corrected chi connectivity index (χ2v) is 6.02. The van der Waals surface area contributed by atoms with Crippen LogP contribution in [0.15, 0.2) is 14.7 Å². The summed E-state index contributed by atoms with van der Waals surface area (Å²) in [6, 6.07) is 0. The molecule has 0 aliphatic carbocycles. The van der Waals surface area contributed by atoms with E-state index >= 15 is 0 Å². The summed E-state index contributed by atoms with van der Waals surface area (Å²) in [5.41, 5.74) is 1.05. The molecule has 3 rings (SSSR count). The minimum atomic E-state index is -0.577. The molecule has 0 aliphatic rings. The SMILES string of the molecule is Cc1nc([N+](=O)[O-])c(-c2noc(CCn3c(C)csc3=O)n2)n1C. The Bertz CT molecular complexity index is 966. The van der Waals surface area contributed by atoms with Crippen LogP contribution in [0.25, 0.3) is 11.5 Å². The van der Waals surface area contributed by atoms with Crippen molar-refractivity contribution in [3.63, 3.8) is 0 Å². The molecule has 3 aromatic rings. The number of nitro groups is 1. The smallest absolute Gasteiger partial charge is 0.358 e. The Balaban J connectivity index is 1.87. The molecular weight excluding hydrogens is 336 g/mol. The van der Waals surface area contributed by atoms with Gasteiger partial charge in [-0.1, -0.05) is 16.5 Å². The van der Waals surface area contributed by atoms with E-state index in [9.17, 15) is 14.9 Å². The van der Waals surface area contributed by atoms with Gasteiger partial charge >= 0.3 is 10.7 Å². The molecule has 0 unspecified atom stereocenters. The lowest BCUT2D eigenvalue weighted by atomic mass is 10.3. The van der Waals surface area contributed by atoms with Crippen LogP contribution in [0.4, 0.5) is 5.82 Å². The van der Waals surface area contributed by atoms with Crippen LogP contribution in [0.5, 0.6) is 0 Å². The molecule has 3 heterocycles. The van der Waals surface area contributed by atoms with E-state index in [-0.39, 0.29) is 22.2 Å². The van der Waals surface area contributed by atoms with Crippen molar-refractivity contribution in [1.29, 1.82) is 0 Å². The molecule has 24 heavy (non-hydrogen) atoms. The summed E-state index contributed by atoms with van der Waals surface area (Å²) in [5, 5.41) is 16.7. The Hall–Kier alpha value is -2.82. The average molecular weight is 350 g/mol. The quantitative estimate of drug-likeness (QED) is 0.504. The molecule has 0 saturated carbocycles. The molecule has 0 spiro atoms. The number of hydrogen-bond acceptors (Lipinski definition) is 8. The average Bonchev–Trinajstić information content (AvgIpc) is 3.19. The standard InChI is InChI=1S/C13H14N6O4S/c1-7-6-24-13(20)18(7)5-4-9-15-11(16-23-9)10-12(19(21)22)14-8(2)17(10)3/h6H,4-5H2,1-3H3. The van der Waals surface area contributed by atoms with Crippen molar-refractivity contribution in [1.82, 2.24) is 24.3 Å². The zero-order valence-electron chi connectivity index (χ0n) is 13.2. The van der Waals surface area contributed by atoms with Gasteiger partial charge in [0.05, 0.1) is 0 Å². The van der Waals surface area contributed by atoms with E-state index in [1.54, 1.807) is 28.5 Å². The molecule has 10 nitrogen and oxygen atoms in total. The van der Waals surface area contributed by atoms with Gasteiger partial charge in [0, 0.05) is 38.0 Å². The summed E-state index contributed by atoms with van der Waals surface area (Å²) in [7, 11) is 1.65. The Morgan fingerprint density at radius 3 is 2.75 bits per heavy atom.